The number of rotatable bonds is 6. The SMILES string of the molecule is C=C(C1CCN(Cc2ccsc2)CC1)N1CCC(n2c(-c3ccccn3)nc3cc(Br)ccc32)CC1. The number of likely N-dealkylation sites (tertiary alicyclic amines) is 2. The number of halogens is 1. The van der Waals surface area contributed by atoms with Gasteiger partial charge in [-0.3, -0.25) is 9.88 Å². The quantitative estimate of drug-likeness (QED) is 0.254. The molecule has 0 amide bonds. The first-order chi connectivity index (χ1) is 17.7. The van der Waals surface area contributed by atoms with E-state index >= 15 is 0 Å². The monoisotopic (exact) mass is 561 g/mol. The third-order valence-electron chi connectivity index (χ3n) is 7.83. The number of hydrogen-bond acceptors (Lipinski definition) is 5. The summed E-state index contributed by atoms with van der Waals surface area (Å²) in [6, 6.07) is 15.1. The third kappa shape index (κ3) is 4.89. The zero-order valence-corrected chi connectivity index (χ0v) is 22.9. The highest BCUT2D eigenvalue weighted by Gasteiger charge is 2.29. The fourth-order valence-corrected chi connectivity index (χ4v) is 6.86. The van der Waals surface area contributed by atoms with Gasteiger partial charge < -0.3 is 9.47 Å². The summed E-state index contributed by atoms with van der Waals surface area (Å²) in [4.78, 5) is 14.8. The van der Waals surface area contributed by atoms with Gasteiger partial charge in [0.2, 0.25) is 0 Å². The predicted molar refractivity (Wildman–Crippen MR) is 152 cm³/mol. The van der Waals surface area contributed by atoms with Gasteiger partial charge in [0.1, 0.15) is 5.69 Å². The minimum absolute atomic E-state index is 0.407. The maximum atomic E-state index is 5.02. The summed E-state index contributed by atoms with van der Waals surface area (Å²) in [5.74, 6) is 1.58. The van der Waals surface area contributed by atoms with Gasteiger partial charge in [0, 0.05) is 48.0 Å². The minimum Gasteiger partial charge on any atom is -0.375 e. The zero-order valence-electron chi connectivity index (χ0n) is 20.5. The van der Waals surface area contributed by atoms with Gasteiger partial charge in [-0.15, -0.1) is 0 Å². The Hall–Kier alpha value is -2.48. The van der Waals surface area contributed by atoms with Gasteiger partial charge in [0.25, 0.3) is 0 Å². The number of pyridine rings is 1. The topological polar surface area (TPSA) is 37.2 Å². The second-order valence-electron chi connectivity index (χ2n) is 10.0. The Balaban J connectivity index is 1.13. The Morgan fingerprint density at radius 1 is 1.03 bits per heavy atom. The Kier molecular flexibility index (Phi) is 6.96. The van der Waals surface area contributed by atoms with Crippen LogP contribution in [-0.4, -0.2) is 50.5 Å². The minimum atomic E-state index is 0.407. The molecule has 3 aromatic heterocycles. The molecule has 4 aromatic rings. The number of hydrogen-bond donors (Lipinski definition) is 0. The summed E-state index contributed by atoms with van der Waals surface area (Å²) < 4.78 is 3.49. The maximum absolute atomic E-state index is 5.02. The molecule has 2 fully saturated rings. The molecule has 0 spiro atoms. The lowest BCUT2D eigenvalue weighted by molar-refractivity contribution is 0.155. The number of piperidine rings is 2. The largest absolute Gasteiger partial charge is 0.375 e. The van der Waals surface area contributed by atoms with E-state index in [-0.39, 0.29) is 0 Å². The van der Waals surface area contributed by atoms with Gasteiger partial charge in [-0.05, 0) is 91.5 Å². The van der Waals surface area contributed by atoms with Gasteiger partial charge in [-0.25, -0.2) is 4.98 Å². The first kappa shape index (κ1) is 23.9. The first-order valence-electron chi connectivity index (χ1n) is 12.9. The highest BCUT2D eigenvalue weighted by molar-refractivity contribution is 9.10. The van der Waals surface area contributed by atoms with E-state index in [0.717, 1.165) is 54.0 Å². The molecule has 0 saturated carbocycles. The number of imidazole rings is 1. The number of fused-ring (bicyclic) bond motifs is 1. The molecule has 2 aliphatic heterocycles. The van der Waals surface area contributed by atoms with Crippen molar-refractivity contribution in [1.29, 1.82) is 0 Å². The summed E-state index contributed by atoms with van der Waals surface area (Å²) in [5, 5.41) is 4.45. The predicted octanol–water partition coefficient (Wildman–Crippen LogP) is 6.99. The average molecular weight is 563 g/mol. The van der Waals surface area contributed by atoms with E-state index in [0.29, 0.717) is 12.0 Å². The lowest BCUT2D eigenvalue weighted by Crippen LogP contribution is -2.40. The van der Waals surface area contributed by atoms with Gasteiger partial charge in [-0.2, -0.15) is 11.3 Å². The van der Waals surface area contributed by atoms with E-state index in [4.69, 9.17) is 4.98 Å². The van der Waals surface area contributed by atoms with Crippen molar-refractivity contribution < 1.29 is 0 Å². The van der Waals surface area contributed by atoms with Crippen LogP contribution in [0.15, 0.2) is 76.2 Å². The van der Waals surface area contributed by atoms with Crippen molar-refractivity contribution in [3.8, 4) is 11.5 Å². The molecule has 0 bridgehead atoms. The van der Waals surface area contributed by atoms with Crippen molar-refractivity contribution >= 4 is 38.3 Å². The molecule has 5 nitrogen and oxygen atoms in total. The average Bonchev–Trinajstić information content (AvgIpc) is 3.57. The molecule has 5 heterocycles. The molecular weight excluding hydrogens is 530 g/mol. The fraction of sp³-hybridized carbons (Fsp3) is 0.379. The summed E-state index contributed by atoms with van der Waals surface area (Å²) in [6.45, 7) is 10.1. The lowest BCUT2D eigenvalue weighted by atomic mass is 9.91. The van der Waals surface area contributed by atoms with Gasteiger partial charge in [0.15, 0.2) is 5.82 Å². The van der Waals surface area contributed by atoms with Crippen LogP contribution >= 0.6 is 27.3 Å². The number of nitrogens with zero attached hydrogens (tertiary/aromatic N) is 5. The number of thiophene rings is 1. The van der Waals surface area contributed by atoms with Crippen LogP contribution in [0.3, 0.4) is 0 Å². The molecule has 0 atom stereocenters. The molecule has 0 radical (unpaired) electrons. The summed E-state index contributed by atoms with van der Waals surface area (Å²) in [5.41, 5.74) is 5.95. The molecule has 0 unspecified atom stereocenters. The molecule has 0 aliphatic carbocycles. The summed E-state index contributed by atoms with van der Waals surface area (Å²) in [7, 11) is 0. The van der Waals surface area contributed by atoms with Crippen LogP contribution in [0, 0.1) is 5.92 Å². The van der Waals surface area contributed by atoms with Gasteiger partial charge in [-0.1, -0.05) is 28.6 Å². The second kappa shape index (κ2) is 10.5. The first-order valence-corrected chi connectivity index (χ1v) is 14.7. The van der Waals surface area contributed by atoms with E-state index in [2.05, 4.69) is 83.0 Å². The number of aromatic nitrogens is 3. The summed E-state index contributed by atoms with van der Waals surface area (Å²) >= 11 is 5.41. The summed E-state index contributed by atoms with van der Waals surface area (Å²) in [6.07, 6.45) is 6.48. The highest BCUT2D eigenvalue weighted by Crippen LogP contribution is 2.36. The molecule has 1 aromatic carbocycles. The highest BCUT2D eigenvalue weighted by atomic mass is 79.9. The normalized spacial score (nSPS) is 18.2. The van der Waals surface area contributed by atoms with Crippen molar-refractivity contribution in [1.82, 2.24) is 24.3 Å². The van der Waals surface area contributed by atoms with Crippen LogP contribution in [0.4, 0.5) is 0 Å². The molecule has 2 aliphatic rings. The van der Waals surface area contributed by atoms with Gasteiger partial charge >= 0.3 is 0 Å². The van der Waals surface area contributed by atoms with E-state index in [1.165, 1.54) is 42.7 Å². The molecule has 7 heteroatoms. The van der Waals surface area contributed by atoms with E-state index in [9.17, 15) is 0 Å². The van der Waals surface area contributed by atoms with Crippen molar-refractivity contribution in [3.63, 3.8) is 0 Å². The van der Waals surface area contributed by atoms with Crippen molar-refractivity contribution in [3.05, 3.63) is 81.7 Å². The van der Waals surface area contributed by atoms with Crippen LogP contribution in [-0.2, 0) is 6.54 Å². The number of benzene rings is 1. The second-order valence-corrected chi connectivity index (χ2v) is 11.7. The molecule has 2 saturated heterocycles. The molecule has 36 heavy (non-hydrogen) atoms. The fourth-order valence-electron chi connectivity index (χ4n) is 5.85. The van der Waals surface area contributed by atoms with Crippen molar-refractivity contribution in [2.75, 3.05) is 26.2 Å². The standard InChI is InChI=1S/C29H32BrN5S/c1-21(23-7-13-33(14-8-23)19-22-11-17-36-20-22)34-15-9-25(10-16-34)35-28-6-5-24(30)18-27(28)32-29(35)26-4-2-3-12-31-26/h2-6,11-12,17-18,20,23,25H,1,7-10,13-16,19H2. The van der Waals surface area contributed by atoms with E-state index in [1.54, 1.807) is 11.3 Å². The van der Waals surface area contributed by atoms with Crippen LogP contribution in [0.5, 0.6) is 0 Å². The van der Waals surface area contributed by atoms with Crippen LogP contribution < -0.4 is 0 Å². The van der Waals surface area contributed by atoms with Crippen molar-refractivity contribution in [2.45, 2.75) is 38.3 Å². The number of allylic oxidation sites excluding steroid dienone is 1. The molecule has 6 rings (SSSR count). The van der Waals surface area contributed by atoms with Crippen LogP contribution in [0.1, 0.15) is 37.3 Å². The lowest BCUT2D eigenvalue weighted by Gasteiger charge is -2.41. The third-order valence-corrected chi connectivity index (χ3v) is 9.05. The Morgan fingerprint density at radius 3 is 2.58 bits per heavy atom. The molecule has 0 N–H and O–H groups in total. The maximum Gasteiger partial charge on any atom is 0.160 e. The van der Waals surface area contributed by atoms with E-state index in [1.807, 2.05) is 18.3 Å². The Labute approximate surface area is 225 Å². The molecule has 186 valence electrons. The van der Waals surface area contributed by atoms with Gasteiger partial charge in [0.05, 0.1) is 11.0 Å². The van der Waals surface area contributed by atoms with Crippen LogP contribution in [0.2, 0.25) is 0 Å². The van der Waals surface area contributed by atoms with Crippen molar-refractivity contribution in [2.24, 2.45) is 5.92 Å². The Bertz CT molecular complexity index is 1320. The van der Waals surface area contributed by atoms with E-state index < -0.39 is 0 Å². The molecular formula is C29H32BrN5S. The van der Waals surface area contributed by atoms with Crippen LogP contribution in [0.25, 0.3) is 22.6 Å². The zero-order chi connectivity index (χ0) is 24.5. The Morgan fingerprint density at radius 2 is 1.86 bits per heavy atom. The smallest absolute Gasteiger partial charge is 0.160 e.